The molecule has 0 fully saturated rings. The molecule has 3 aromatic rings. The van der Waals surface area contributed by atoms with E-state index in [1.165, 1.54) is 21.5 Å². The zero-order chi connectivity index (χ0) is 18.5. The Labute approximate surface area is 157 Å². The third-order valence-corrected chi connectivity index (χ3v) is 5.28. The zero-order valence-corrected chi connectivity index (χ0v) is 15.0. The van der Waals surface area contributed by atoms with Crippen molar-refractivity contribution in [3.05, 3.63) is 88.7 Å². The quantitative estimate of drug-likeness (QED) is 0.465. The standard InChI is InChI=1S/C25H18O2/c1-15(2)25(26)27-21-14-13-17-12-11-16-7-6-10-19-18-8-4-3-5-9-20(18)24(21)23(17)22(16)19/h3-14,21H,1H2,2H3. The summed E-state index contributed by atoms with van der Waals surface area (Å²) in [6, 6.07) is 10.7. The normalized spacial score (nSPS) is 16.9. The first-order chi connectivity index (χ1) is 13.1. The molecule has 0 bridgehead atoms. The van der Waals surface area contributed by atoms with Gasteiger partial charge in [0.1, 0.15) is 6.10 Å². The largest absolute Gasteiger partial charge is 0.450 e. The second kappa shape index (κ2) is 5.82. The third-order valence-electron chi connectivity index (χ3n) is 5.28. The van der Waals surface area contributed by atoms with Gasteiger partial charge in [0, 0.05) is 11.1 Å². The maximum Gasteiger partial charge on any atom is 0.334 e. The van der Waals surface area contributed by atoms with E-state index in [0.717, 1.165) is 21.9 Å². The summed E-state index contributed by atoms with van der Waals surface area (Å²) in [5, 5.41) is 5.98. The fourth-order valence-electron chi connectivity index (χ4n) is 4.10. The summed E-state index contributed by atoms with van der Waals surface area (Å²) in [7, 11) is 0. The fourth-order valence-corrected chi connectivity index (χ4v) is 4.10. The van der Waals surface area contributed by atoms with Crippen molar-refractivity contribution in [2.45, 2.75) is 13.0 Å². The number of hydrogen-bond acceptors (Lipinski definition) is 2. The lowest BCUT2D eigenvalue weighted by Gasteiger charge is -2.25. The highest BCUT2D eigenvalue weighted by molar-refractivity contribution is 6.16. The predicted molar refractivity (Wildman–Crippen MR) is 112 cm³/mol. The molecule has 130 valence electrons. The average Bonchev–Trinajstić information content (AvgIpc) is 2.93. The predicted octanol–water partition coefficient (Wildman–Crippen LogP) is 5.26. The topological polar surface area (TPSA) is 26.3 Å². The van der Waals surface area contributed by atoms with E-state index in [9.17, 15) is 4.79 Å². The van der Waals surface area contributed by atoms with E-state index in [1.54, 1.807) is 6.92 Å². The number of ether oxygens (including phenoxy) is 1. The molecule has 0 aliphatic heterocycles. The molecule has 0 saturated carbocycles. The molecular formula is C25H18O2. The second-order valence-corrected chi connectivity index (χ2v) is 7.05. The van der Waals surface area contributed by atoms with Crippen LogP contribution >= 0.6 is 0 Å². The summed E-state index contributed by atoms with van der Waals surface area (Å²) in [6.07, 6.45) is 14.0. The summed E-state index contributed by atoms with van der Waals surface area (Å²) < 4.78 is 5.82. The number of hydrogen-bond donors (Lipinski definition) is 0. The molecule has 3 aromatic carbocycles. The first kappa shape index (κ1) is 15.8. The molecule has 2 nitrogen and oxygen atoms in total. The van der Waals surface area contributed by atoms with E-state index in [2.05, 4.69) is 61.2 Å². The van der Waals surface area contributed by atoms with Crippen LogP contribution in [-0.4, -0.2) is 5.97 Å². The van der Waals surface area contributed by atoms with Gasteiger partial charge in [-0.2, -0.15) is 0 Å². The molecule has 0 heterocycles. The second-order valence-electron chi connectivity index (χ2n) is 7.05. The van der Waals surface area contributed by atoms with Crippen LogP contribution in [0.5, 0.6) is 0 Å². The van der Waals surface area contributed by atoms with Crippen LogP contribution in [0.3, 0.4) is 0 Å². The molecule has 2 aliphatic rings. The summed E-state index contributed by atoms with van der Waals surface area (Å²) >= 11 is 0. The van der Waals surface area contributed by atoms with Gasteiger partial charge in [0.2, 0.25) is 0 Å². The minimum Gasteiger partial charge on any atom is -0.450 e. The molecule has 1 atom stereocenters. The van der Waals surface area contributed by atoms with Gasteiger partial charge in [0.25, 0.3) is 0 Å². The smallest absolute Gasteiger partial charge is 0.334 e. The van der Waals surface area contributed by atoms with Crippen molar-refractivity contribution in [1.29, 1.82) is 0 Å². The lowest BCUT2D eigenvalue weighted by molar-refractivity contribution is -0.142. The van der Waals surface area contributed by atoms with E-state index in [-0.39, 0.29) is 5.97 Å². The van der Waals surface area contributed by atoms with Crippen LogP contribution in [0.1, 0.15) is 29.7 Å². The molecule has 2 heteroatoms. The fraction of sp³-hybridized carbons (Fsp3) is 0.0800. The average molecular weight is 350 g/mol. The van der Waals surface area contributed by atoms with Gasteiger partial charge >= 0.3 is 5.97 Å². The van der Waals surface area contributed by atoms with Crippen LogP contribution in [0.15, 0.2) is 66.8 Å². The van der Waals surface area contributed by atoms with E-state index in [4.69, 9.17) is 4.74 Å². The Morgan fingerprint density at radius 1 is 1.04 bits per heavy atom. The van der Waals surface area contributed by atoms with E-state index in [1.807, 2.05) is 18.2 Å². The Balaban J connectivity index is 1.94. The van der Waals surface area contributed by atoms with Crippen LogP contribution in [0.4, 0.5) is 0 Å². The molecule has 0 saturated heterocycles. The van der Waals surface area contributed by atoms with Gasteiger partial charge in [-0.3, -0.25) is 0 Å². The van der Waals surface area contributed by atoms with Crippen molar-refractivity contribution in [1.82, 2.24) is 0 Å². The lowest BCUT2D eigenvalue weighted by atomic mass is 9.83. The molecule has 0 aromatic heterocycles. The molecule has 0 radical (unpaired) electrons. The Hall–Kier alpha value is -3.39. The van der Waals surface area contributed by atoms with Crippen LogP contribution in [0, 0.1) is 0 Å². The van der Waals surface area contributed by atoms with Gasteiger partial charge in [0.05, 0.1) is 0 Å². The summed E-state index contributed by atoms with van der Waals surface area (Å²) in [4.78, 5) is 12.3. The zero-order valence-electron chi connectivity index (χ0n) is 15.0. The summed E-state index contributed by atoms with van der Waals surface area (Å²) in [5.41, 5.74) is 3.72. The monoisotopic (exact) mass is 350 g/mol. The van der Waals surface area contributed by atoms with Crippen molar-refractivity contribution in [2.24, 2.45) is 0 Å². The third kappa shape index (κ3) is 2.30. The van der Waals surface area contributed by atoms with Crippen molar-refractivity contribution in [3.8, 4) is 0 Å². The minimum absolute atomic E-state index is 0.367. The lowest BCUT2D eigenvalue weighted by Crippen LogP contribution is -2.19. The van der Waals surface area contributed by atoms with Crippen molar-refractivity contribution in [2.75, 3.05) is 0 Å². The molecule has 2 aliphatic carbocycles. The van der Waals surface area contributed by atoms with Gasteiger partial charge in [-0.25, -0.2) is 4.79 Å². The van der Waals surface area contributed by atoms with Crippen LogP contribution in [0.25, 0.3) is 39.8 Å². The minimum atomic E-state index is -0.429. The number of esters is 1. The van der Waals surface area contributed by atoms with Crippen LogP contribution in [-0.2, 0) is 9.53 Å². The van der Waals surface area contributed by atoms with E-state index >= 15 is 0 Å². The van der Waals surface area contributed by atoms with Crippen molar-refractivity contribution < 1.29 is 9.53 Å². The Morgan fingerprint density at radius 2 is 1.93 bits per heavy atom. The highest BCUT2D eigenvalue weighted by Crippen LogP contribution is 2.41. The van der Waals surface area contributed by atoms with Crippen LogP contribution < -0.4 is 5.22 Å². The maximum atomic E-state index is 12.3. The maximum absolute atomic E-state index is 12.3. The van der Waals surface area contributed by atoms with Gasteiger partial charge in [-0.05, 0) is 50.9 Å². The Morgan fingerprint density at radius 3 is 2.78 bits per heavy atom. The molecule has 0 amide bonds. The van der Waals surface area contributed by atoms with Gasteiger partial charge < -0.3 is 4.74 Å². The molecule has 1 unspecified atom stereocenters. The SMILES string of the molecule is C=C(C)C(=O)OC1C=Cc2ccc3cccc4c5c(c1c2c34)C=CC=CC=5. The first-order valence-electron chi connectivity index (χ1n) is 9.06. The number of allylic oxidation sites excluding steroid dienone is 3. The van der Waals surface area contributed by atoms with Gasteiger partial charge in [0.15, 0.2) is 0 Å². The van der Waals surface area contributed by atoms with Crippen LogP contribution in [0.2, 0.25) is 0 Å². The number of benzene rings is 3. The number of fused-ring (bicyclic) bond motifs is 3. The number of carbonyl (C=O) groups is 1. The molecule has 0 spiro atoms. The number of carbonyl (C=O) groups excluding carboxylic acids is 1. The highest BCUT2D eigenvalue weighted by Gasteiger charge is 2.26. The Bertz CT molecular complexity index is 1290. The summed E-state index contributed by atoms with van der Waals surface area (Å²) in [6.45, 7) is 5.40. The Kier molecular flexibility index (Phi) is 3.41. The highest BCUT2D eigenvalue weighted by atomic mass is 16.5. The van der Waals surface area contributed by atoms with Crippen molar-refractivity contribution >= 4 is 45.7 Å². The molecule has 27 heavy (non-hydrogen) atoms. The van der Waals surface area contributed by atoms with Gasteiger partial charge in [-0.15, -0.1) is 0 Å². The van der Waals surface area contributed by atoms with Crippen molar-refractivity contribution in [3.63, 3.8) is 0 Å². The first-order valence-corrected chi connectivity index (χ1v) is 9.06. The summed E-state index contributed by atoms with van der Waals surface area (Å²) in [5.74, 6) is -0.367. The van der Waals surface area contributed by atoms with Gasteiger partial charge in [-0.1, -0.05) is 73.4 Å². The van der Waals surface area contributed by atoms with E-state index < -0.39 is 6.10 Å². The number of rotatable bonds is 2. The molecular weight excluding hydrogens is 332 g/mol. The molecule has 5 rings (SSSR count). The molecule has 0 N–H and O–H groups in total. The van der Waals surface area contributed by atoms with E-state index in [0.29, 0.717) is 5.57 Å².